The third-order valence-electron chi connectivity index (χ3n) is 3.67. The lowest BCUT2D eigenvalue weighted by molar-refractivity contribution is -0.384. The van der Waals surface area contributed by atoms with E-state index in [4.69, 9.17) is 9.47 Å². The van der Waals surface area contributed by atoms with Gasteiger partial charge in [0.15, 0.2) is 11.5 Å². The predicted molar refractivity (Wildman–Crippen MR) is 94.4 cm³/mol. The van der Waals surface area contributed by atoms with Gasteiger partial charge in [-0.15, -0.1) is 0 Å². The van der Waals surface area contributed by atoms with Gasteiger partial charge < -0.3 is 19.9 Å². The zero-order valence-corrected chi connectivity index (χ0v) is 13.8. The number of nitrogens with one attached hydrogen (secondary N) is 1. The monoisotopic (exact) mass is 367 g/mol. The molecule has 9 nitrogen and oxygen atoms in total. The van der Waals surface area contributed by atoms with Gasteiger partial charge in [-0.1, -0.05) is 12.1 Å². The van der Waals surface area contributed by atoms with Crippen LogP contribution in [0, 0.1) is 21.4 Å². The molecule has 1 heterocycles. The molecule has 1 aliphatic heterocycles. The topological polar surface area (TPSA) is 135 Å². The molecule has 0 saturated heterocycles. The summed E-state index contributed by atoms with van der Waals surface area (Å²) in [6, 6.07) is 10.1. The molecule has 0 fully saturated rings. The van der Waals surface area contributed by atoms with Crippen molar-refractivity contribution in [3.8, 4) is 23.3 Å². The average molecular weight is 367 g/mol. The number of nitrogens with zero attached hydrogens (tertiary/aromatic N) is 2. The number of rotatable bonds is 4. The van der Waals surface area contributed by atoms with Gasteiger partial charge in [0.1, 0.15) is 36.3 Å². The highest BCUT2D eigenvalue weighted by atomic mass is 16.6. The van der Waals surface area contributed by atoms with Crippen molar-refractivity contribution >= 4 is 23.4 Å². The maximum absolute atomic E-state index is 12.4. The fourth-order valence-electron chi connectivity index (χ4n) is 2.40. The lowest BCUT2D eigenvalue weighted by atomic mass is 10.1. The molecule has 0 spiro atoms. The molecule has 0 saturated carbocycles. The summed E-state index contributed by atoms with van der Waals surface area (Å²) in [6.45, 7) is 0.548. The second-order valence-electron chi connectivity index (χ2n) is 5.49. The van der Waals surface area contributed by atoms with E-state index in [-0.39, 0.29) is 47.4 Å². The van der Waals surface area contributed by atoms with Gasteiger partial charge in [0.2, 0.25) is 0 Å². The Labute approximate surface area is 153 Å². The Hall–Kier alpha value is -4.06. The summed E-state index contributed by atoms with van der Waals surface area (Å²) in [6.07, 6.45) is 1.30. The van der Waals surface area contributed by atoms with Gasteiger partial charge >= 0.3 is 0 Å². The highest BCUT2D eigenvalue weighted by Gasteiger charge is 2.24. The lowest BCUT2D eigenvalue weighted by Crippen LogP contribution is -2.18. The number of ether oxygens (including phenoxy) is 2. The van der Waals surface area contributed by atoms with Crippen LogP contribution in [-0.2, 0) is 4.79 Å². The standard InChI is InChI=1S/C18H13N3O6/c19-10-12(7-11-1-3-13(22)4-2-11)18(23)20-14-8-16-17(27-6-5-26-16)9-15(14)21(24)25/h1-4,7-9,22H,5-6H2,(H,20,23)/b12-7+. The van der Waals surface area contributed by atoms with Crippen molar-refractivity contribution in [2.24, 2.45) is 0 Å². The number of carbonyl (C=O) groups excluding carboxylic acids is 1. The number of hydrogen-bond donors (Lipinski definition) is 2. The van der Waals surface area contributed by atoms with Crippen LogP contribution in [0.15, 0.2) is 42.0 Å². The first-order chi connectivity index (χ1) is 13.0. The van der Waals surface area contributed by atoms with E-state index in [2.05, 4.69) is 5.32 Å². The Morgan fingerprint density at radius 1 is 1.22 bits per heavy atom. The van der Waals surface area contributed by atoms with E-state index in [1.54, 1.807) is 6.07 Å². The molecule has 2 N–H and O–H groups in total. The van der Waals surface area contributed by atoms with Crippen LogP contribution < -0.4 is 14.8 Å². The first-order valence-corrected chi connectivity index (χ1v) is 7.78. The number of carbonyl (C=O) groups is 1. The van der Waals surface area contributed by atoms with Gasteiger partial charge in [-0.25, -0.2) is 0 Å². The largest absolute Gasteiger partial charge is 0.508 e. The fourth-order valence-corrected chi connectivity index (χ4v) is 2.40. The van der Waals surface area contributed by atoms with E-state index >= 15 is 0 Å². The van der Waals surface area contributed by atoms with E-state index in [0.29, 0.717) is 5.56 Å². The Balaban J connectivity index is 1.91. The normalized spacial score (nSPS) is 12.8. The summed E-state index contributed by atoms with van der Waals surface area (Å²) >= 11 is 0. The smallest absolute Gasteiger partial charge is 0.296 e. The highest BCUT2D eigenvalue weighted by molar-refractivity contribution is 6.10. The van der Waals surface area contributed by atoms with Crippen molar-refractivity contribution in [3.05, 3.63) is 57.6 Å². The van der Waals surface area contributed by atoms with Crippen molar-refractivity contribution in [2.45, 2.75) is 0 Å². The maximum Gasteiger partial charge on any atom is 0.296 e. The van der Waals surface area contributed by atoms with E-state index in [0.717, 1.165) is 0 Å². The van der Waals surface area contributed by atoms with Crippen molar-refractivity contribution < 1.29 is 24.3 Å². The number of aromatic hydroxyl groups is 1. The first-order valence-electron chi connectivity index (χ1n) is 7.78. The van der Waals surface area contributed by atoms with E-state index in [1.807, 2.05) is 0 Å². The number of phenols is 1. The summed E-state index contributed by atoms with van der Waals surface area (Å²) < 4.78 is 10.7. The second kappa shape index (κ2) is 7.45. The molecule has 1 amide bonds. The summed E-state index contributed by atoms with van der Waals surface area (Å²) in [5.74, 6) is -0.290. The Kier molecular flexibility index (Phi) is 4.90. The van der Waals surface area contributed by atoms with Crippen molar-refractivity contribution in [2.75, 3.05) is 18.5 Å². The third kappa shape index (κ3) is 3.96. The molecule has 136 valence electrons. The van der Waals surface area contributed by atoms with Gasteiger partial charge in [0.25, 0.3) is 11.6 Å². The second-order valence-corrected chi connectivity index (χ2v) is 5.49. The van der Waals surface area contributed by atoms with Crippen LogP contribution in [0.5, 0.6) is 17.2 Å². The van der Waals surface area contributed by atoms with Crippen molar-refractivity contribution in [1.29, 1.82) is 5.26 Å². The summed E-state index contributed by atoms with van der Waals surface area (Å²) in [5.41, 5.74) is -0.239. The Bertz CT molecular complexity index is 976. The number of phenolic OH excluding ortho intramolecular Hbond substituents is 1. The summed E-state index contributed by atoms with van der Waals surface area (Å²) in [4.78, 5) is 23.1. The third-order valence-corrected chi connectivity index (χ3v) is 3.67. The maximum atomic E-state index is 12.4. The van der Waals surface area contributed by atoms with E-state index in [9.17, 15) is 25.3 Å². The molecule has 0 bridgehead atoms. The predicted octanol–water partition coefficient (Wildman–Crippen LogP) is 2.62. The number of fused-ring (bicyclic) bond motifs is 1. The number of benzene rings is 2. The quantitative estimate of drug-likeness (QED) is 0.367. The SMILES string of the molecule is N#C/C(=C\c1ccc(O)cc1)C(=O)Nc1cc2c(cc1[N+](=O)[O-])OCCO2. The van der Waals surface area contributed by atoms with Gasteiger partial charge in [0, 0.05) is 6.07 Å². The zero-order valence-electron chi connectivity index (χ0n) is 13.8. The molecule has 0 atom stereocenters. The first kappa shape index (κ1) is 17.8. The molecular weight excluding hydrogens is 354 g/mol. The van der Waals surface area contributed by atoms with Crippen LogP contribution >= 0.6 is 0 Å². The number of anilines is 1. The molecule has 0 aromatic heterocycles. The van der Waals surface area contributed by atoms with Crippen LogP contribution in [0.1, 0.15) is 5.56 Å². The molecule has 2 aromatic carbocycles. The highest BCUT2D eigenvalue weighted by Crippen LogP contribution is 2.39. The van der Waals surface area contributed by atoms with Gasteiger partial charge in [0.05, 0.1) is 11.0 Å². The molecule has 0 aliphatic carbocycles. The van der Waals surface area contributed by atoms with E-state index in [1.165, 1.54) is 42.5 Å². The number of nitro groups is 1. The summed E-state index contributed by atoms with van der Waals surface area (Å²) in [7, 11) is 0. The average Bonchev–Trinajstić information content (AvgIpc) is 2.66. The minimum Gasteiger partial charge on any atom is -0.508 e. The number of nitro benzene ring substituents is 1. The fraction of sp³-hybridized carbons (Fsp3) is 0.111. The summed E-state index contributed by atoms with van der Waals surface area (Å²) in [5, 5.41) is 32.2. The molecule has 1 aliphatic rings. The van der Waals surface area contributed by atoms with Gasteiger partial charge in [-0.2, -0.15) is 5.26 Å². The number of amides is 1. The van der Waals surface area contributed by atoms with Crippen molar-refractivity contribution in [3.63, 3.8) is 0 Å². The van der Waals surface area contributed by atoms with Crippen LogP contribution in [0.3, 0.4) is 0 Å². The van der Waals surface area contributed by atoms with Gasteiger partial charge in [-0.3, -0.25) is 14.9 Å². The number of nitriles is 1. The molecule has 9 heteroatoms. The minimum absolute atomic E-state index is 0.0435. The Morgan fingerprint density at radius 2 is 1.85 bits per heavy atom. The lowest BCUT2D eigenvalue weighted by Gasteiger charge is -2.19. The van der Waals surface area contributed by atoms with Crippen molar-refractivity contribution in [1.82, 2.24) is 0 Å². The Morgan fingerprint density at radius 3 is 2.44 bits per heavy atom. The molecular formula is C18H13N3O6. The van der Waals surface area contributed by atoms with Crippen LogP contribution in [0.2, 0.25) is 0 Å². The molecule has 0 unspecified atom stereocenters. The van der Waals surface area contributed by atoms with Crippen LogP contribution in [-0.4, -0.2) is 29.2 Å². The molecule has 2 aromatic rings. The molecule has 27 heavy (non-hydrogen) atoms. The van der Waals surface area contributed by atoms with Gasteiger partial charge in [-0.05, 0) is 23.8 Å². The van der Waals surface area contributed by atoms with Crippen LogP contribution in [0.4, 0.5) is 11.4 Å². The number of hydrogen-bond acceptors (Lipinski definition) is 7. The molecule has 0 radical (unpaired) electrons. The van der Waals surface area contributed by atoms with E-state index < -0.39 is 10.8 Å². The van der Waals surface area contributed by atoms with Crippen LogP contribution in [0.25, 0.3) is 6.08 Å². The minimum atomic E-state index is -0.814. The molecule has 3 rings (SSSR count). The zero-order chi connectivity index (χ0) is 19.4.